The van der Waals surface area contributed by atoms with E-state index in [1.165, 1.54) is 10.9 Å². The number of hydrogen-bond acceptors (Lipinski definition) is 5. The summed E-state index contributed by atoms with van der Waals surface area (Å²) in [4.78, 5) is 16.4. The number of rotatable bonds is 5. The molecule has 0 unspecified atom stereocenters. The highest BCUT2D eigenvalue weighted by atomic mass is 16.5. The van der Waals surface area contributed by atoms with E-state index in [4.69, 9.17) is 9.47 Å². The molecule has 2 aromatic carbocycles. The van der Waals surface area contributed by atoms with Gasteiger partial charge >= 0.3 is 0 Å². The lowest BCUT2D eigenvalue weighted by Gasteiger charge is -2.56. The van der Waals surface area contributed by atoms with Gasteiger partial charge in [0.2, 0.25) is 5.91 Å². The fourth-order valence-corrected chi connectivity index (χ4v) is 5.76. The fourth-order valence-electron chi connectivity index (χ4n) is 5.76. The number of methoxy groups -OCH3 is 2. The van der Waals surface area contributed by atoms with E-state index in [2.05, 4.69) is 40.8 Å². The van der Waals surface area contributed by atoms with E-state index in [9.17, 15) is 9.90 Å². The van der Waals surface area contributed by atoms with E-state index in [-0.39, 0.29) is 24.0 Å². The molecule has 0 aliphatic carbocycles. The summed E-state index contributed by atoms with van der Waals surface area (Å²) in [6.07, 6.45) is 0. The van der Waals surface area contributed by atoms with Gasteiger partial charge in [0.05, 0.1) is 32.4 Å². The number of carbonyl (C=O) groups excluding carboxylic acids is 1. The fraction of sp³-hybridized carbons (Fsp3) is 0.423. The largest absolute Gasteiger partial charge is 0.497 e. The molecule has 1 aromatic heterocycles. The minimum atomic E-state index is -0.159. The number of amides is 1. The molecule has 2 aliphatic rings. The number of aliphatic hydroxyl groups is 1. The Morgan fingerprint density at radius 1 is 1.06 bits per heavy atom. The third-order valence-electron chi connectivity index (χ3n) is 7.40. The van der Waals surface area contributed by atoms with E-state index in [0.29, 0.717) is 19.6 Å². The number of aliphatic hydroxyl groups excluding tert-OH is 1. The zero-order chi connectivity index (χ0) is 23.3. The molecule has 1 atom stereocenters. The summed E-state index contributed by atoms with van der Waals surface area (Å²) in [7, 11) is 5.41. The molecule has 1 fully saturated rings. The molecule has 1 spiro atoms. The number of fused-ring (bicyclic) bond motifs is 4. The van der Waals surface area contributed by atoms with Crippen molar-refractivity contribution in [1.29, 1.82) is 0 Å². The predicted octanol–water partition coefficient (Wildman–Crippen LogP) is 2.84. The second-order valence-corrected chi connectivity index (χ2v) is 9.31. The maximum atomic E-state index is 12.1. The molecule has 1 N–H and O–H groups in total. The number of hydrogen-bond donors (Lipinski definition) is 1. The molecule has 0 bridgehead atoms. The smallest absolute Gasteiger partial charge is 0.219 e. The van der Waals surface area contributed by atoms with E-state index in [1.54, 1.807) is 21.1 Å². The van der Waals surface area contributed by atoms with Crippen LogP contribution in [0.1, 0.15) is 29.8 Å². The molecule has 2 aliphatic heterocycles. The topological polar surface area (TPSA) is 67.2 Å². The van der Waals surface area contributed by atoms with Crippen LogP contribution < -0.4 is 9.47 Å². The Hall–Kier alpha value is -3.03. The first-order chi connectivity index (χ1) is 15.9. The number of carbonyl (C=O) groups is 1. The first-order valence-electron chi connectivity index (χ1n) is 11.3. The van der Waals surface area contributed by atoms with E-state index < -0.39 is 0 Å². The zero-order valence-electron chi connectivity index (χ0n) is 19.7. The highest BCUT2D eigenvalue weighted by Gasteiger charge is 2.53. The van der Waals surface area contributed by atoms with Crippen LogP contribution in [-0.4, -0.2) is 65.8 Å². The number of nitrogens with zero attached hydrogens (tertiary/aromatic N) is 3. The Bertz CT molecular complexity index is 1190. The molecule has 7 nitrogen and oxygen atoms in total. The molecule has 3 aromatic rings. The van der Waals surface area contributed by atoms with E-state index in [0.717, 1.165) is 34.8 Å². The summed E-state index contributed by atoms with van der Waals surface area (Å²) < 4.78 is 13.0. The summed E-state index contributed by atoms with van der Waals surface area (Å²) in [5.74, 6) is 1.74. The van der Waals surface area contributed by atoms with Crippen LogP contribution in [0.25, 0.3) is 10.9 Å². The van der Waals surface area contributed by atoms with Gasteiger partial charge in [-0.1, -0.05) is 12.1 Å². The van der Waals surface area contributed by atoms with Crippen molar-refractivity contribution in [3.8, 4) is 11.5 Å². The van der Waals surface area contributed by atoms with Crippen molar-refractivity contribution < 1.29 is 19.4 Å². The van der Waals surface area contributed by atoms with Crippen LogP contribution in [0.5, 0.6) is 11.5 Å². The Kier molecular flexibility index (Phi) is 5.34. The average Bonchev–Trinajstić information content (AvgIpc) is 3.09. The molecule has 5 rings (SSSR count). The highest BCUT2D eigenvalue weighted by molar-refractivity contribution is 5.89. The molecule has 0 radical (unpaired) electrons. The van der Waals surface area contributed by atoms with Crippen molar-refractivity contribution in [3.05, 3.63) is 59.3 Å². The first kappa shape index (κ1) is 21.8. The maximum Gasteiger partial charge on any atom is 0.219 e. The lowest BCUT2D eigenvalue weighted by Crippen LogP contribution is -2.67. The third-order valence-corrected chi connectivity index (χ3v) is 7.40. The third kappa shape index (κ3) is 3.38. The van der Waals surface area contributed by atoms with Gasteiger partial charge in [0.15, 0.2) is 0 Å². The van der Waals surface area contributed by atoms with Gasteiger partial charge in [0, 0.05) is 62.7 Å². The van der Waals surface area contributed by atoms with E-state index >= 15 is 0 Å². The van der Waals surface area contributed by atoms with Crippen molar-refractivity contribution in [2.75, 3.05) is 40.5 Å². The Labute approximate surface area is 194 Å². The van der Waals surface area contributed by atoms with Gasteiger partial charge in [-0.25, -0.2) is 0 Å². The quantitative estimate of drug-likeness (QED) is 0.649. The lowest BCUT2D eigenvalue weighted by atomic mass is 9.68. The molecule has 33 heavy (non-hydrogen) atoms. The highest BCUT2D eigenvalue weighted by Crippen LogP contribution is 2.49. The Balaban J connectivity index is 1.62. The van der Waals surface area contributed by atoms with Crippen molar-refractivity contribution >= 4 is 16.8 Å². The van der Waals surface area contributed by atoms with Crippen molar-refractivity contribution in [3.63, 3.8) is 0 Å². The minimum absolute atomic E-state index is 0.0248. The van der Waals surface area contributed by atoms with Crippen LogP contribution in [0.3, 0.4) is 0 Å². The summed E-state index contributed by atoms with van der Waals surface area (Å²) in [5.41, 5.74) is 4.49. The number of ether oxygens (including phenoxy) is 2. The van der Waals surface area contributed by atoms with Crippen LogP contribution in [0.4, 0.5) is 0 Å². The molecule has 3 heterocycles. The molecule has 0 saturated carbocycles. The SMILES string of the molecule is COc1ccc(CN2CC3(CN(C(C)=O)C3)c3c(n(C)c4cc(OC)ccc34)[C@H]2CO)cc1. The first-order valence-corrected chi connectivity index (χ1v) is 11.3. The van der Waals surface area contributed by atoms with Crippen molar-refractivity contribution in [2.45, 2.75) is 24.9 Å². The van der Waals surface area contributed by atoms with Crippen molar-refractivity contribution in [1.82, 2.24) is 14.4 Å². The lowest BCUT2D eigenvalue weighted by molar-refractivity contribution is -0.138. The second-order valence-electron chi connectivity index (χ2n) is 9.31. The number of likely N-dealkylation sites (tertiary alicyclic amines) is 1. The van der Waals surface area contributed by atoms with Gasteiger partial charge in [-0.2, -0.15) is 0 Å². The number of aryl methyl sites for hydroxylation is 1. The van der Waals surface area contributed by atoms with Crippen molar-refractivity contribution in [2.24, 2.45) is 7.05 Å². The number of aromatic nitrogens is 1. The monoisotopic (exact) mass is 449 g/mol. The molecule has 7 heteroatoms. The van der Waals surface area contributed by atoms with Crippen LogP contribution in [0.2, 0.25) is 0 Å². The minimum Gasteiger partial charge on any atom is -0.497 e. The van der Waals surface area contributed by atoms with Gasteiger partial charge in [-0.15, -0.1) is 0 Å². The van der Waals surface area contributed by atoms with Gasteiger partial charge in [0.1, 0.15) is 11.5 Å². The molecule has 174 valence electrons. The zero-order valence-corrected chi connectivity index (χ0v) is 19.7. The normalized spacial score (nSPS) is 19.4. The summed E-state index contributed by atoms with van der Waals surface area (Å²) in [5, 5.41) is 11.7. The molecular weight excluding hydrogens is 418 g/mol. The van der Waals surface area contributed by atoms with Gasteiger partial charge in [-0.05, 0) is 35.4 Å². The van der Waals surface area contributed by atoms with Crippen LogP contribution in [0, 0.1) is 0 Å². The van der Waals surface area contributed by atoms with E-state index in [1.807, 2.05) is 23.1 Å². The van der Waals surface area contributed by atoms with Crippen LogP contribution >= 0.6 is 0 Å². The Morgan fingerprint density at radius 3 is 2.33 bits per heavy atom. The standard InChI is InChI=1S/C26H31N3O4/c1-17(31)29-15-26(16-29)14-28(12-18-5-7-19(32-3)8-6-18)23(13-30)25-24(26)21-10-9-20(33-4)11-22(21)27(25)2/h5-11,23,30H,12-16H2,1-4H3/t23-/m1/s1. The predicted molar refractivity (Wildman–Crippen MR) is 127 cm³/mol. The van der Waals surface area contributed by atoms with Crippen LogP contribution in [0.15, 0.2) is 42.5 Å². The summed E-state index contributed by atoms with van der Waals surface area (Å²) in [6.45, 7) is 4.54. The van der Waals surface area contributed by atoms with Crippen LogP contribution in [-0.2, 0) is 23.8 Å². The average molecular weight is 450 g/mol. The molecule has 1 saturated heterocycles. The molecule has 1 amide bonds. The molecular formula is C26H31N3O4. The maximum absolute atomic E-state index is 12.1. The second kappa shape index (κ2) is 8.08. The van der Waals surface area contributed by atoms with Gasteiger partial charge in [-0.3, -0.25) is 9.69 Å². The summed E-state index contributed by atoms with van der Waals surface area (Å²) in [6, 6.07) is 14.1. The van der Waals surface area contributed by atoms with Gasteiger partial charge in [0.25, 0.3) is 0 Å². The summed E-state index contributed by atoms with van der Waals surface area (Å²) >= 11 is 0. The Morgan fingerprint density at radius 2 is 1.73 bits per heavy atom. The van der Waals surface area contributed by atoms with Gasteiger partial charge < -0.3 is 24.0 Å². The number of benzene rings is 2.